The van der Waals surface area contributed by atoms with Crippen LogP contribution in [0.4, 0.5) is 5.69 Å². The molecule has 3 aromatic carbocycles. The number of ether oxygens (including phenoxy) is 1. The number of hydrazone groups is 1. The summed E-state index contributed by atoms with van der Waals surface area (Å²) in [6.45, 7) is 0.451. The van der Waals surface area contributed by atoms with E-state index in [1.165, 1.54) is 18.3 Å². The first-order valence-electron chi connectivity index (χ1n) is 8.67. The van der Waals surface area contributed by atoms with Crippen molar-refractivity contribution in [3.63, 3.8) is 0 Å². The Balaban J connectivity index is 1.54. The van der Waals surface area contributed by atoms with Crippen molar-refractivity contribution in [2.24, 2.45) is 5.10 Å². The van der Waals surface area contributed by atoms with Crippen LogP contribution in [0.5, 0.6) is 5.75 Å². The third kappa shape index (κ3) is 5.88. The lowest BCUT2D eigenvalue weighted by Crippen LogP contribution is -2.18. The maximum atomic E-state index is 12.1. The molecule has 0 aliphatic carbocycles. The van der Waals surface area contributed by atoms with Gasteiger partial charge in [-0.2, -0.15) is 5.10 Å². The van der Waals surface area contributed by atoms with Crippen LogP contribution < -0.4 is 10.2 Å². The molecule has 9 heteroatoms. The normalized spacial score (nSPS) is 10.7. The molecule has 0 saturated heterocycles. The molecule has 1 N–H and O–H groups in total. The van der Waals surface area contributed by atoms with Gasteiger partial charge in [-0.3, -0.25) is 14.9 Å². The van der Waals surface area contributed by atoms with E-state index in [1.807, 2.05) is 24.3 Å². The van der Waals surface area contributed by atoms with Gasteiger partial charge < -0.3 is 4.74 Å². The first kappa shape index (κ1) is 21.5. The van der Waals surface area contributed by atoms with E-state index in [0.717, 1.165) is 21.7 Å². The van der Waals surface area contributed by atoms with Crippen LogP contribution in [-0.2, 0) is 6.61 Å². The van der Waals surface area contributed by atoms with Crippen molar-refractivity contribution in [3.05, 3.63) is 103 Å². The molecular weight excluding hydrogens is 474 g/mol. The molecular formula is C21H15BrClN3O4. The number of carbonyl (C=O) groups is 1. The predicted octanol–water partition coefficient (Wildman–Crippen LogP) is 5.35. The number of nitro groups is 1. The maximum Gasteiger partial charge on any atom is 0.272 e. The quantitative estimate of drug-likeness (QED) is 0.275. The van der Waals surface area contributed by atoms with Crippen LogP contribution in [-0.4, -0.2) is 17.0 Å². The van der Waals surface area contributed by atoms with Gasteiger partial charge in [0, 0.05) is 16.6 Å². The molecule has 0 heterocycles. The molecule has 3 aromatic rings. The highest BCUT2D eigenvalue weighted by Gasteiger charge is 2.14. The zero-order chi connectivity index (χ0) is 21.5. The summed E-state index contributed by atoms with van der Waals surface area (Å²) in [5.74, 6) is 0.136. The summed E-state index contributed by atoms with van der Waals surface area (Å²) in [6, 6.07) is 18.7. The summed E-state index contributed by atoms with van der Waals surface area (Å²) in [7, 11) is 0. The van der Waals surface area contributed by atoms with Gasteiger partial charge in [-0.05, 0) is 53.6 Å². The molecule has 7 nitrogen and oxygen atoms in total. The van der Waals surface area contributed by atoms with Crippen molar-refractivity contribution in [1.82, 2.24) is 5.43 Å². The highest BCUT2D eigenvalue weighted by atomic mass is 79.9. The lowest BCUT2D eigenvalue weighted by atomic mass is 10.2. The third-order valence-electron chi connectivity index (χ3n) is 3.99. The van der Waals surface area contributed by atoms with Gasteiger partial charge in [0.25, 0.3) is 11.6 Å². The molecule has 0 radical (unpaired) electrons. The predicted molar refractivity (Wildman–Crippen MR) is 118 cm³/mol. The Kier molecular flexibility index (Phi) is 7.16. The van der Waals surface area contributed by atoms with Crippen LogP contribution in [0.2, 0.25) is 5.02 Å². The van der Waals surface area contributed by atoms with Gasteiger partial charge in [-0.1, -0.05) is 39.7 Å². The molecule has 0 atom stereocenters. The van der Waals surface area contributed by atoms with Crippen molar-refractivity contribution in [2.75, 3.05) is 0 Å². The largest absolute Gasteiger partial charge is 0.489 e. The first-order valence-corrected chi connectivity index (χ1v) is 9.84. The first-order chi connectivity index (χ1) is 14.4. The molecule has 30 heavy (non-hydrogen) atoms. The number of carbonyl (C=O) groups excluding carboxylic acids is 1. The van der Waals surface area contributed by atoms with Gasteiger partial charge in [0.15, 0.2) is 0 Å². The third-order valence-corrected chi connectivity index (χ3v) is 4.83. The van der Waals surface area contributed by atoms with Crippen LogP contribution in [0.25, 0.3) is 0 Å². The van der Waals surface area contributed by atoms with E-state index < -0.39 is 10.8 Å². The minimum atomic E-state index is -0.585. The van der Waals surface area contributed by atoms with Gasteiger partial charge in [-0.25, -0.2) is 5.43 Å². The number of nitrogens with zero attached hydrogens (tertiary/aromatic N) is 2. The van der Waals surface area contributed by atoms with Gasteiger partial charge >= 0.3 is 0 Å². The Bertz CT molecular complexity index is 1090. The van der Waals surface area contributed by atoms with Crippen LogP contribution in [0, 0.1) is 10.1 Å². The van der Waals surface area contributed by atoms with Crippen molar-refractivity contribution in [1.29, 1.82) is 0 Å². The van der Waals surface area contributed by atoms with E-state index in [0.29, 0.717) is 12.4 Å². The number of benzene rings is 3. The molecule has 0 bridgehead atoms. The van der Waals surface area contributed by atoms with Crippen molar-refractivity contribution >= 4 is 45.3 Å². The monoisotopic (exact) mass is 487 g/mol. The molecule has 0 aliphatic heterocycles. The van der Waals surface area contributed by atoms with Crippen molar-refractivity contribution < 1.29 is 14.5 Å². The molecule has 0 saturated carbocycles. The van der Waals surface area contributed by atoms with Gasteiger partial charge in [0.1, 0.15) is 12.4 Å². The van der Waals surface area contributed by atoms with Crippen LogP contribution in [0.3, 0.4) is 0 Å². The SMILES string of the molecule is O=C(N/N=C\c1ccc(OCc2ccc(Br)cc2)cc1)c1ccc([N+](=O)[O-])cc1Cl. The smallest absolute Gasteiger partial charge is 0.272 e. The van der Waals surface area contributed by atoms with E-state index in [-0.39, 0.29) is 16.3 Å². The molecule has 0 spiro atoms. The number of halogens is 2. The molecule has 0 aromatic heterocycles. The highest BCUT2D eigenvalue weighted by molar-refractivity contribution is 9.10. The minimum Gasteiger partial charge on any atom is -0.489 e. The standard InChI is InChI=1S/C21H15BrClN3O4/c22-16-5-1-15(2-6-16)13-30-18-8-3-14(4-9-18)12-24-25-21(27)19-10-7-17(26(28)29)11-20(19)23/h1-12H,13H2,(H,25,27)/b24-12-. The molecule has 0 unspecified atom stereocenters. The van der Waals surface area contributed by atoms with E-state index >= 15 is 0 Å². The number of nitrogens with one attached hydrogen (secondary N) is 1. The Hall–Kier alpha value is -3.23. The van der Waals surface area contributed by atoms with Gasteiger partial charge in [0.05, 0.1) is 21.7 Å². The number of nitro benzene ring substituents is 1. The summed E-state index contributed by atoms with van der Waals surface area (Å²) in [4.78, 5) is 22.3. The van der Waals surface area contributed by atoms with Crippen LogP contribution >= 0.6 is 27.5 Å². The minimum absolute atomic E-state index is 0.0239. The van der Waals surface area contributed by atoms with Gasteiger partial charge in [-0.15, -0.1) is 0 Å². The maximum absolute atomic E-state index is 12.1. The number of hydrogen-bond acceptors (Lipinski definition) is 5. The zero-order valence-corrected chi connectivity index (χ0v) is 17.8. The fourth-order valence-electron chi connectivity index (χ4n) is 2.42. The van der Waals surface area contributed by atoms with Crippen LogP contribution in [0.1, 0.15) is 21.5 Å². The Morgan fingerprint density at radius 2 is 1.83 bits per heavy atom. The molecule has 0 fully saturated rings. The lowest BCUT2D eigenvalue weighted by Gasteiger charge is -2.06. The van der Waals surface area contributed by atoms with Crippen LogP contribution in [0.15, 0.2) is 76.3 Å². The average molecular weight is 489 g/mol. The molecule has 152 valence electrons. The topological polar surface area (TPSA) is 93.8 Å². The van der Waals surface area contributed by atoms with Gasteiger partial charge in [0.2, 0.25) is 0 Å². The molecule has 1 amide bonds. The van der Waals surface area contributed by atoms with E-state index in [1.54, 1.807) is 24.3 Å². The molecule has 0 aliphatic rings. The summed E-state index contributed by atoms with van der Waals surface area (Å²) in [5, 5.41) is 14.6. The molecule has 3 rings (SSSR count). The number of hydrogen-bond donors (Lipinski definition) is 1. The number of amides is 1. The summed E-state index contributed by atoms with van der Waals surface area (Å²) in [5.41, 5.74) is 4.05. The Labute approximate surface area is 185 Å². The second-order valence-corrected chi connectivity index (χ2v) is 7.43. The summed E-state index contributed by atoms with van der Waals surface area (Å²) in [6.07, 6.45) is 1.47. The summed E-state index contributed by atoms with van der Waals surface area (Å²) >= 11 is 9.32. The number of non-ortho nitro benzene ring substituents is 1. The highest BCUT2D eigenvalue weighted by Crippen LogP contribution is 2.22. The summed E-state index contributed by atoms with van der Waals surface area (Å²) < 4.78 is 6.75. The Morgan fingerprint density at radius 1 is 1.13 bits per heavy atom. The van der Waals surface area contributed by atoms with E-state index in [4.69, 9.17) is 16.3 Å². The second kappa shape index (κ2) is 10.00. The zero-order valence-electron chi connectivity index (χ0n) is 15.4. The van der Waals surface area contributed by atoms with Crippen molar-refractivity contribution in [3.8, 4) is 5.75 Å². The fourth-order valence-corrected chi connectivity index (χ4v) is 2.95. The second-order valence-electron chi connectivity index (χ2n) is 6.10. The number of rotatable bonds is 7. The average Bonchev–Trinajstić information content (AvgIpc) is 2.74. The fraction of sp³-hybridized carbons (Fsp3) is 0.0476. The van der Waals surface area contributed by atoms with E-state index in [2.05, 4.69) is 26.5 Å². The van der Waals surface area contributed by atoms with E-state index in [9.17, 15) is 14.9 Å². The van der Waals surface area contributed by atoms with Crippen molar-refractivity contribution in [2.45, 2.75) is 6.61 Å². The lowest BCUT2D eigenvalue weighted by molar-refractivity contribution is -0.384. The Morgan fingerprint density at radius 3 is 2.47 bits per heavy atom.